The average molecular weight is 435 g/mol. The van der Waals surface area contributed by atoms with Crippen LogP contribution in [-0.4, -0.2) is 27.2 Å². The number of nitrogens with zero attached hydrogens (tertiary/aromatic N) is 2. The van der Waals surface area contributed by atoms with Crippen LogP contribution in [0.4, 0.5) is 13.2 Å². The van der Waals surface area contributed by atoms with E-state index in [9.17, 15) is 27.6 Å². The van der Waals surface area contributed by atoms with Crippen LogP contribution in [0.15, 0.2) is 40.1 Å². The lowest BCUT2D eigenvalue weighted by atomic mass is 9.95. The summed E-state index contributed by atoms with van der Waals surface area (Å²) in [6.45, 7) is 0. The van der Waals surface area contributed by atoms with Crippen LogP contribution in [-0.2, 0) is 10.9 Å². The van der Waals surface area contributed by atoms with Gasteiger partial charge in [0.05, 0.1) is 29.4 Å². The number of alkyl halides is 3. The summed E-state index contributed by atoms with van der Waals surface area (Å²) in [7, 11) is 1.14. The highest BCUT2D eigenvalue weighted by molar-refractivity contribution is 5.89. The van der Waals surface area contributed by atoms with Gasteiger partial charge in [0, 0.05) is 12.2 Å². The minimum Gasteiger partial charge on any atom is -0.464 e. The molecule has 0 saturated heterocycles. The lowest BCUT2D eigenvalue weighted by molar-refractivity contribution is -0.137. The highest BCUT2D eigenvalue weighted by atomic mass is 19.4. The maximum Gasteiger partial charge on any atom is 0.418 e. The Morgan fingerprint density at radius 1 is 1.16 bits per heavy atom. The quantitative estimate of drug-likeness (QED) is 0.501. The topological polar surface area (TPSA) is 86.1 Å². The fourth-order valence-electron chi connectivity index (χ4n) is 4.26. The van der Waals surface area contributed by atoms with Crippen molar-refractivity contribution in [2.24, 2.45) is 0 Å². The smallest absolute Gasteiger partial charge is 0.418 e. The SMILES string of the molecule is COC(=O)c1cccn1-c1cc2c(cc1C(F)(F)F)[nH]c(=O)c(=O)n2C1CCCCC1. The Morgan fingerprint density at radius 3 is 2.52 bits per heavy atom. The molecule has 164 valence electrons. The van der Waals surface area contributed by atoms with Crippen molar-refractivity contribution in [3.63, 3.8) is 0 Å². The van der Waals surface area contributed by atoms with Gasteiger partial charge >= 0.3 is 23.3 Å². The number of halogens is 3. The molecule has 1 N–H and O–H groups in total. The standard InChI is InChI=1S/C21H20F3N3O4/c1-31-20(30)15-8-5-9-26(15)16-11-17-14(10-13(16)21(22,23)24)25-18(28)19(29)27(17)12-6-3-2-4-7-12/h5,8-12H,2-4,6-7H2,1H3,(H,25,28). The Labute approximate surface area is 174 Å². The largest absolute Gasteiger partial charge is 0.464 e. The third kappa shape index (κ3) is 3.66. The fraction of sp³-hybridized carbons (Fsp3) is 0.381. The van der Waals surface area contributed by atoms with Crippen LogP contribution in [0.1, 0.15) is 54.2 Å². The van der Waals surface area contributed by atoms with Gasteiger partial charge in [0.1, 0.15) is 5.69 Å². The molecule has 0 radical (unpaired) electrons. The Kier molecular flexibility index (Phi) is 5.24. The zero-order valence-corrected chi connectivity index (χ0v) is 16.7. The second-order valence-electron chi connectivity index (χ2n) is 7.56. The van der Waals surface area contributed by atoms with Crippen LogP contribution in [0.2, 0.25) is 0 Å². The van der Waals surface area contributed by atoms with E-state index in [1.54, 1.807) is 0 Å². The van der Waals surface area contributed by atoms with Crippen molar-refractivity contribution in [2.75, 3.05) is 7.11 Å². The van der Waals surface area contributed by atoms with Gasteiger partial charge in [-0.1, -0.05) is 19.3 Å². The zero-order chi connectivity index (χ0) is 22.3. The molecule has 1 fully saturated rings. The number of fused-ring (bicyclic) bond motifs is 1. The third-order valence-electron chi connectivity index (χ3n) is 5.68. The minimum absolute atomic E-state index is 0.0852. The van der Waals surface area contributed by atoms with Gasteiger partial charge in [-0.05, 0) is 37.1 Å². The van der Waals surface area contributed by atoms with E-state index < -0.39 is 28.8 Å². The van der Waals surface area contributed by atoms with Gasteiger partial charge in [-0.25, -0.2) is 4.79 Å². The van der Waals surface area contributed by atoms with Crippen LogP contribution in [0.5, 0.6) is 0 Å². The van der Waals surface area contributed by atoms with Gasteiger partial charge in [0.2, 0.25) is 0 Å². The first-order valence-electron chi connectivity index (χ1n) is 9.88. The number of carbonyl (C=O) groups is 1. The lowest BCUT2D eigenvalue weighted by Crippen LogP contribution is -2.39. The molecule has 1 aliphatic rings. The minimum atomic E-state index is -4.77. The Morgan fingerprint density at radius 2 is 1.87 bits per heavy atom. The van der Waals surface area contributed by atoms with Crippen molar-refractivity contribution in [1.29, 1.82) is 0 Å². The summed E-state index contributed by atoms with van der Waals surface area (Å²) in [5.41, 5.74) is -3.14. The van der Waals surface area contributed by atoms with Crippen molar-refractivity contribution in [2.45, 2.75) is 44.3 Å². The number of hydrogen-bond acceptors (Lipinski definition) is 4. The predicted molar refractivity (Wildman–Crippen MR) is 107 cm³/mol. The lowest BCUT2D eigenvalue weighted by Gasteiger charge is -2.26. The molecule has 31 heavy (non-hydrogen) atoms. The summed E-state index contributed by atoms with van der Waals surface area (Å²) in [6.07, 6.45) is 0.590. The first-order valence-corrected chi connectivity index (χ1v) is 9.88. The molecule has 0 spiro atoms. The highest BCUT2D eigenvalue weighted by Crippen LogP contribution is 2.37. The molecule has 3 aromatic rings. The number of H-pyrrole nitrogens is 1. The van der Waals surface area contributed by atoms with Crippen LogP contribution < -0.4 is 11.1 Å². The molecule has 0 bridgehead atoms. The Hall–Kier alpha value is -3.30. The monoisotopic (exact) mass is 435 g/mol. The molecule has 0 unspecified atom stereocenters. The summed E-state index contributed by atoms with van der Waals surface area (Å²) in [4.78, 5) is 39.3. The summed E-state index contributed by atoms with van der Waals surface area (Å²) in [5.74, 6) is -0.802. The number of rotatable bonds is 3. The number of methoxy groups -OCH3 is 1. The zero-order valence-electron chi connectivity index (χ0n) is 16.7. The molecule has 2 aromatic heterocycles. The van der Waals surface area contributed by atoms with Crippen molar-refractivity contribution < 1.29 is 22.7 Å². The maximum atomic E-state index is 13.9. The van der Waals surface area contributed by atoms with Gasteiger partial charge in [0.25, 0.3) is 0 Å². The van der Waals surface area contributed by atoms with Crippen molar-refractivity contribution in [3.8, 4) is 5.69 Å². The van der Waals surface area contributed by atoms with Crippen molar-refractivity contribution in [1.82, 2.24) is 14.1 Å². The third-order valence-corrected chi connectivity index (χ3v) is 5.68. The van der Waals surface area contributed by atoms with Crippen LogP contribution >= 0.6 is 0 Å². The number of carbonyl (C=O) groups excluding carboxylic acids is 1. The van der Waals surface area contributed by atoms with E-state index in [1.807, 2.05) is 0 Å². The van der Waals surface area contributed by atoms with E-state index in [4.69, 9.17) is 0 Å². The second-order valence-corrected chi connectivity index (χ2v) is 7.56. The maximum absolute atomic E-state index is 13.9. The van der Waals surface area contributed by atoms with Crippen LogP contribution in [0.25, 0.3) is 16.7 Å². The highest BCUT2D eigenvalue weighted by Gasteiger charge is 2.36. The molecule has 0 aliphatic heterocycles. The van der Waals surface area contributed by atoms with Gasteiger partial charge in [-0.15, -0.1) is 0 Å². The van der Waals surface area contributed by atoms with Crippen LogP contribution in [0.3, 0.4) is 0 Å². The molecule has 7 nitrogen and oxygen atoms in total. The molecule has 4 rings (SSSR count). The molecule has 0 atom stereocenters. The normalized spacial score (nSPS) is 15.4. The van der Waals surface area contributed by atoms with Crippen LogP contribution in [0, 0.1) is 0 Å². The Bertz CT molecular complexity index is 1260. The van der Waals surface area contributed by atoms with Gasteiger partial charge in [0.15, 0.2) is 0 Å². The number of aromatic amines is 1. The fourth-order valence-corrected chi connectivity index (χ4v) is 4.26. The van der Waals surface area contributed by atoms with E-state index >= 15 is 0 Å². The van der Waals surface area contributed by atoms with E-state index in [0.717, 1.165) is 37.0 Å². The first kappa shape index (κ1) is 21.0. The number of hydrogen-bond donors (Lipinski definition) is 1. The van der Waals surface area contributed by atoms with E-state index in [2.05, 4.69) is 9.72 Å². The molecule has 1 aromatic carbocycles. The summed E-state index contributed by atoms with van der Waals surface area (Å²) in [6, 6.07) is 4.51. The first-order chi connectivity index (χ1) is 14.7. The van der Waals surface area contributed by atoms with Gasteiger partial charge < -0.3 is 14.3 Å². The second kappa shape index (κ2) is 7.75. The van der Waals surface area contributed by atoms with Gasteiger partial charge in [-0.2, -0.15) is 13.2 Å². The molecule has 1 aliphatic carbocycles. The molecule has 0 amide bonds. The van der Waals surface area contributed by atoms with E-state index in [-0.39, 0.29) is 28.5 Å². The van der Waals surface area contributed by atoms with E-state index in [0.29, 0.717) is 12.8 Å². The summed E-state index contributed by atoms with van der Waals surface area (Å²) < 4.78 is 48.8. The number of nitrogens with one attached hydrogen (secondary N) is 1. The summed E-state index contributed by atoms with van der Waals surface area (Å²) >= 11 is 0. The predicted octanol–water partition coefficient (Wildman–Crippen LogP) is 3.79. The Balaban J connectivity index is 2.07. The molecule has 2 heterocycles. The van der Waals surface area contributed by atoms with Gasteiger partial charge in [-0.3, -0.25) is 14.2 Å². The summed E-state index contributed by atoms with van der Waals surface area (Å²) in [5, 5.41) is 0. The molecule has 1 saturated carbocycles. The number of benzene rings is 1. The molecule has 10 heteroatoms. The van der Waals surface area contributed by atoms with Crippen molar-refractivity contribution in [3.05, 3.63) is 62.4 Å². The van der Waals surface area contributed by atoms with Crippen molar-refractivity contribution >= 4 is 17.0 Å². The number of esters is 1. The number of ether oxygens (including phenoxy) is 1. The molecular weight excluding hydrogens is 415 g/mol. The molecular formula is C21H20F3N3O4. The number of aromatic nitrogens is 3. The van der Waals surface area contributed by atoms with E-state index in [1.165, 1.54) is 29.0 Å². The average Bonchev–Trinajstić information content (AvgIpc) is 3.23.